The number of nitrogens with zero attached hydrogens (tertiary/aromatic N) is 4. The van der Waals surface area contributed by atoms with Crippen LogP contribution in [0.1, 0.15) is 27.7 Å². The molecule has 0 saturated carbocycles. The van der Waals surface area contributed by atoms with Crippen molar-refractivity contribution in [2.45, 2.75) is 39.8 Å². The number of hydrogen-bond acceptors (Lipinski definition) is 6. The summed E-state index contributed by atoms with van der Waals surface area (Å²) in [5.74, 6) is 0. The summed E-state index contributed by atoms with van der Waals surface area (Å²) >= 11 is 0. The van der Waals surface area contributed by atoms with E-state index < -0.39 is 10.2 Å². The van der Waals surface area contributed by atoms with Gasteiger partial charge in [0, 0.05) is 78.7 Å². The largest absolute Gasteiger partial charge is 0.328 e. The summed E-state index contributed by atoms with van der Waals surface area (Å²) < 4.78 is 2.00. The van der Waals surface area contributed by atoms with E-state index in [-0.39, 0.29) is 31.6 Å². The van der Waals surface area contributed by atoms with Crippen LogP contribution in [0.2, 0.25) is 0 Å². The summed E-state index contributed by atoms with van der Waals surface area (Å²) in [5, 5.41) is 27.3. The molecule has 0 saturated heterocycles. The van der Waals surface area contributed by atoms with E-state index in [1.165, 1.54) is 0 Å². The molecule has 27 heavy (non-hydrogen) atoms. The van der Waals surface area contributed by atoms with Gasteiger partial charge in [0.05, 0.1) is 0 Å². The molecular weight excluding hydrogens is 418 g/mol. The zero-order chi connectivity index (χ0) is 20.9. The van der Waals surface area contributed by atoms with Crippen molar-refractivity contribution in [1.29, 1.82) is 0 Å². The first-order valence-electron chi connectivity index (χ1n) is 7.19. The van der Waals surface area contributed by atoms with E-state index in [9.17, 15) is 9.81 Å². The fourth-order valence-electron chi connectivity index (χ4n) is 1.66. The summed E-state index contributed by atoms with van der Waals surface area (Å²) in [6.45, 7) is 7.38. The second-order valence-electron chi connectivity index (χ2n) is 4.99. The molecule has 0 aromatic carbocycles. The summed E-state index contributed by atoms with van der Waals surface area (Å²) in [7, 11) is 0. The van der Waals surface area contributed by atoms with Crippen molar-refractivity contribution in [2.24, 2.45) is 0 Å². The molecule has 0 fully saturated rings. The predicted octanol–water partition coefficient (Wildman–Crippen LogP) is 2.56. The molecule has 0 aromatic rings. The SMILES string of the molecule is CC1=CC=CC(C)[N+]1=O.CC1=CC=CC(C)[N+]1=O.O=[N+]([O-])O.O=[N+]([O-])O.[Zn]. The zero-order valence-electron chi connectivity index (χ0n) is 15.5. The van der Waals surface area contributed by atoms with Crippen LogP contribution < -0.4 is 0 Å². The van der Waals surface area contributed by atoms with Gasteiger partial charge in [-0.25, -0.2) is 0 Å². The molecule has 2 rings (SSSR count). The third-order valence-electron chi connectivity index (χ3n) is 2.89. The Morgan fingerprint density at radius 2 is 1.07 bits per heavy atom. The molecule has 13 heteroatoms. The minimum Gasteiger partial charge on any atom is -0.328 e. The first kappa shape index (κ1) is 29.0. The molecule has 0 aromatic heterocycles. The van der Waals surface area contributed by atoms with Crippen molar-refractivity contribution in [3.05, 3.63) is 77.9 Å². The molecule has 2 aliphatic rings. The van der Waals surface area contributed by atoms with Crippen LogP contribution in [0.25, 0.3) is 0 Å². The summed E-state index contributed by atoms with van der Waals surface area (Å²) in [6, 6.07) is 0.0185. The first-order chi connectivity index (χ1) is 11.9. The zero-order valence-corrected chi connectivity index (χ0v) is 18.4. The number of hydrogen-bond donors (Lipinski definition) is 2. The van der Waals surface area contributed by atoms with Gasteiger partial charge in [-0.15, -0.1) is 20.2 Å². The normalized spacial score (nSPS) is 19.3. The third kappa shape index (κ3) is 16.4. The number of allylic oxidation sites excluding steroid dienone is 6. The summed E-state index contributed by atoms with van der Waals surface area (Å²) in [5.41, 5.74) is 1.56. The molecule has 0 aliphatic carbocycles. The van der Waals surface area contributed by atoms with E-state index in [0.717, 1.165) is 20.9 Å². The molecule has 2 unspecified atom stereocenters. The van der Waals surface area contributed by atoms with E-state index in [2.05, 4.69) is 0 Å². The third-order valence-corrected chi connectivity index (χ3v) is 2.89. The second-order valence-corrected chi connectivity index (χ2v) is 4.99. The summed E-state index contributed by atoms with van der Waals surface area (Å²) in [6.07, 6.45) is 11.2. The Morgan fingerprint density at radius 1 is 0.852 bits per heavy atom. The van der Waals surface area contributed by atoms with Crippen molar-refractivity contribution < 1.29 is 49.6 Å². The molecule has 12 nitrogen and oxygen atoms in total. The fraction of sp³-hybridized carbons (Fsp3) is 0.429. The number of rotatable bonds is 0. The van der Waals surface area contributed by atoms with Crippen molar-refractivity contribution in [3.8, 4) is 0 Å². The molecule has 0 spiro atoms. The maximum atomic E-state index is 10.9. The van der Waals surface area contributed by atoms with Crippen LogP contribution in [0.15, 0.2) is 47.9 Å². The van der Waals surface area contributed by atoms with Gasteiger partial charge in [0.1, 0.15) is 0 Å². The molecule has 2 N–H and O–H groups in total. The average Bonchev–Trinajstić information content (AvgIpc) is 2.50. The predicted molar refractivity (Wildman–Crippen MR) is 89.5 cm³/mol. The molecule has 0 radical (unpaired) electrons. The Morgan fingerprint density at radius 3 is 1.22 bits per heavy atom. The molecule has 2 atom stereocenters. The second kappa shape index (κ2) is 15.4. The minimum atomic E-state index is -1.50. The van der Waals surface area contributed by atoms with Crippen LogP contribution >= 0.6 is 0 Å². The first-order valence-corrected chi connectivity index (χ1v) is 7.19. The van der Waals surface area contributed by atoms with Crippen LogP contribution in [0.3, 0.4) is 0 Å². The van der Waals surface area contributed by atoms with Gasteiger partial charge in [0.25, 0.3) is 10.2 Å². The molecule has 0 amide bonds. The summed E-state index contributed by atoms with van der Waals surface area (Å²) in [4.78, 5) is 38.6. The van der Waals surface area contributed by atoms with Crippen LogP contribution in [0.4, 0.5) is 0 Å². The molecule has 2 aliphatic heterocycles. The van der Waals surface area contributed by atoms with Crippen LogP contribution in [0, 0.1) is 30.0 Å². The molecular formula is C14H22N4O8Zn+2. The molecule has 146 valence electrons. The van der Waals surface area contributed by atoms with E-state index in [1.807, 2.05) is 64.2 Å². The van der Waals surface area contributed by atoms with E-state index in [1.54, 1.807) is 0 Å². The Bertz CT molecular complexity index is 594. The van der Waals surface area contributed by atoms with Crippen molar-refractivity contribution in [2.75, 3.05) is 0 Å². The van der Waals surface area contributed by atoms with Crippen molar-refractivity contribution in [1.82, 2.24) is 0 Å². The monoisotopic (exact) mass is 438 g/mol. The standard InChI is InChI=1S/2C7H10NO.2HNO3.Zn/c2*1-6-4-3-5-7(2)8(6)9;2*2-1(3)4;/h2*3-6H,1-2H3;2*(H,2,3,4);/q2*+1;;;. The quantitative estimate of drug-likeness (QED) is 0.251. The number of nitroso groups, excluding NO2 is 2. The van der Waals surface area contributed by atoms with Gasteiger partial charge in [-0.2, -0.15) is 0 Å². The Kier molecular flexibility index (Phi) is 16.6. The van der Waals surface area contributed by atoms with Crippen LogP contribution in [-0.4, -0.2) is 42.2 Å². The molecule has 2 heterocycles. The maximum Gasteiger partial charge on any atom is 0.291 e. The van der Waals surface area contributed by atoms with Crippen molar-refractivity contribution in [3.63, 3.8) is 0 Å². The Balaban J connectivity index is -0.000000303. The van der Waals surface area contributed by atoms with Gasteiger partial charge in [0.15, 0.2) is 0 Å². The maximum absolute atomic E-state index is 10.9. The van der Waals surface area contributed by atoms with Crippen molar-refractivity contribution >= 4 is 0 Å². The van der Waals surface area contributed by atoms with E-state index in [4.69, 9.17) is 30.6 Å². The topological polar surface area (TPSA) is 167 Å². The van der Waals surface area contributed by atoms with Crippen LogP contribution in [0.5, 0.6) is 0 Å². The fourth-order valence-corrected chi connectivity index (χ4v) is 1.66. The molecule has 0 bridgehead atoms. The van der Waals surface area contributed by atoms with Gasteiger partial charge in [0.2, 0.25) is 23.5 Å². The van der Waals surface area contributed by atoms with Crippen LogP contribution in [-0.2, 0) is 19.5 Å². The van der Waals surface area contributed by atoms with Gasteiger partial charge in [-0.05, 0) is 12.2 Å². The van der Waals surface area contributed by atoms with E-state index >= 15 is 0 Å². The van der Waals surface area contributed by atoms with Gasteiger partial charge in [-0.3, -0.25) is 0 Å². The smallest absolute Gasteiger partial charge is 0.291 e. The Hall–Kier alpha value is -2.82. The van der Waals surface area contributed by atoms with E-state index in [0.29, 0.717) is 0 Å². The Labute approximate surface area is 167 Å². The average molecular weight is 440 g/mol. The van der Waals surface area contributed by atoms with Gasteiger partial charge in [-0.1, -0.05) is 12.2 Å². The van der Waals surface area contributed by atoms with Gasteiger partial charge >= 0.3 is 0 Å². The van der Waals surface area contributed by atoms with Gasteiger partial charge < -0.3 is 10.4 Å². The minimum absolute atomic E-state index is 0.